The molecule has 1 aliphatic carbocycles. The van der Waals surface area contributed by atoms with Crippen LogP contribution in [0.25, 0.3) is 10.2 Å². The number of hydrogen-bond donors (Lipinski definition) is 1. The van der Waals surface area contributed by atoms with E-state index >= 15 is 0 Å². The molecule has 2 aliphatic rings. The van der Waals surface area contributed by atoms with Crippen LogP contribution in [0.4, 0.5) is 31.1 Å². The number of fused-ring (bicyclic) bond motifs is 1. The number of nitrogens with zero attached hydrogens (tertiary/aromatic N) is 2. The lowest BCUT2D eigenvalue weighted by molar-refractivity contribution is -0.355. The van der Waals surface area contributed by atoms with Crippen molar-refractivity contribution in [2.75, 3.05) is 20.1 Å². The number of carbonyl (C=O) groups excluding carboxylic acids is 2. The third-order valence-electron chi connectivity index (χ3n) is 5.88. The minimum Gasteiger partial charge on any atom is -0.474 e. The van der Waals surface area contributed by atoms with E-state index in [-0.39, 0.29) is 60.4 Å². The molecule has 2 aromatic rings. The smallest absolute Gasteiger partial charge is 0.474 e. The summed E-state index contributed by atoms with van der Waals surface area (Å²) in [5, 5.41) is 3.67. The quantitative estimate of drug-likeness (QED) is 0.551. The number of rotatable bonds is 5. The fourth-order valence-electron chi connectivity index (χ4n) is 3.99. The van der Waals surface area contributed by atoms with Crippen molar-refractivity contribution in [3.05, 3.63) is 22.6 Å². The molecule has 0 radical (unpaired) electrons. The van der Waals surface area contributed by atoms with E-state index in [1.54, 1.807) is 0 Å². The van der Waals surface area contributed by atoms with E-state index in [4.69, 9.17) is 9.47 Å². The highest BCUT2D eigenvalue weighted by Crippen LogP contribution is 2.40. The maximum atomic E-state index is 13.7. The van der Waals surface area contributed by atoms with Crippen LogP contribution in [0.1, 0.15) is 41.6 Å². The lowest BCUT2D eigenvalue weighted by atomic mass is 9.92. The molecule has 0 spiro atoms. The van der Waals surface area contributed by atoms with E-state index in [1.807, 2.05) is 0 Å². The van der Waals surface area contributed by atoms with Crippen molar-refractivity contribution < 1.29 is 50.1 Å². The van der Waals surface area contributed by atoms with Gasteiger partial charge in [0.25, 0.3) is 5.91 Å². The summed E-state index contributed by atoms with van der Waals surface area (Å²) >= 11 is 0.763. The molecular weight excluding hydrogens is 520 g/mol. The Kier molecular flexibility index (Phi) is 7.23. The van der Waals surface area contributed by atoms with Gasteiger partial charge in [-0.2, -0.15) is 13.2 Å². The molecule has 198 valence electrons. The van der Waals surface area contributed by atoms with Gasteiger partial charge in [-0.3, -0.25) is 9.53 Å². The van der Waals surface area contributed by atoms with Gasteiger partial charge in [-0.05, 0) is 0 Å². The SMILES string of the molecule is CNC(=O)c1csc2c(C(F)(F)F)cc(OC3CCN(C(=O)O[C@H]4C[C@H](OC(F)(F)F)C4)CC3)nc12. The van der Waals surface area contributed by atoms with Crippen molar-refractivity contribution in [1.29, 1.82) is 0 Å². The molecule has 36 heavy (non-hydrogen) atoms. The molecule has 0 bridgehead atoms. The van der Waals surface area contributed by atoms with Crippen molar-refractivity contribution in [3.63, 3.8) is 0 Å². The molecule has 1 N–H and O–H groups in total. The van der Waals surface area contributed by atoms with Gasteiger partial charge < -0.3 is 19.7 Å². The van der Waals surface area contributed by atoms with Crippen LogP contribution in [0.15, 0.2) is 11.4 Å². The Morgan fingerprint density at radius 1 is 1.08 bits per heavy atom. The highest BCUT2D eigenvalue weighted by atomic mass is 32.1. The van der Waals surface area contributed by atoms with Gasteiger partial charge in [0.15, 0.2) is 0 Å². The lowest BCUT2D eigenvalue weighted by Crippen LogP contribution is -2.47. The number of alkyl halides is 6. The number of thiophene rings is 1. The van der Waals surface area contributed by atoms with Crippen LogP contribution in [0.5, 0.6) is 5.88 Å². The van der Waals surface area contributed by atoms with Crippen molar-refractivity contribution in [3.8, 4) is 5.88 Å². The van der Waals surface area contributed by atoms with Crippen molar-refractivity contribution in [1.82, 2.24) is 15.2 Å². The normalized spacial score (nSPS) is 21.2. The minimum absolute atomic E-state index is 0.00452. The predicted molar refractivity (Wildman–Crippen MR) is 114 cm³/mol. The third kappa shape index (κ3) is 5.94. The second-order valence-electron chi connectivity index (χ2n) is 8.38. The highest BCUT2D eigenvalue weighted by molar-refractivity contribution is 7.17. The van der Waals surface area contributed by atoms with E-state index in [0.717, 1.165) is 17.4 Å². The van der Waals surface area contributed by atoms with Gasteiger partial charge >= 0.3 is 18.6 Å². The van der Waals surface area contributed by atoms with E-state index in [2.05, 4.69) is 15.0 Å². The largest absolute Gasteiger partial charge is 0.522 e. The highest BCUT2D eigenvalue weighted by Gasteiger charge is 2.42. The molecule has 0 aromatic carbocycles. The van der Waals surface area contributed by atoms with E-state index in [1.165, 1.54) is 17.3 Å². The van der Waals surface area contributed by atoms with Crippen molar-refractivity contribution in [2.24, 2.45) is 0 Å². The Hall–Kier alpha value is -2.81. The van der Waals surface area contributed by atoms with Crippen LogP contribution in [-0.2, 0) is 15.7 Å². The van der Waals surface area contributed by atoms with Crippen LogP contribution in [0.3, 0.4) is 0 Å². The zero-order chi connectivity index (χ0) is 26.3. The molecule has 1 saturated heterocycles. The monoisotopic (exact) mass is 541 g/mol. The maximum absolute atomic E-state index is 13.7. The Morgan fingerprint density at radius 3 is 2.33 bits per heavy atom. The summed E-state index contributed by atoms with van der Waals surface area (Å²) in [5.41, 5.74) is -1.07. The standard InChI is InChI=1S/C21H21F6N3O5S/c1-28-18(31)13-9-36-17-14(20(22,23)24)8-15(29-16(13)17)33-10-2-4-30(5-3-10)19(32)34-11-6-12(7-11)35-21(25,26)27/h8-12H,2-7H2,1H3,(H,28,31)/t11-,12-. The zero-order valence-corrected chi connectivity index (χ0v) is 19.6. The summed E-state index contributed by atoms with van der Waals surface area (Å²) < 4.78 is 92.1. The van der Waals surface area contributed by atoms with Crippen molar-refractivity contribution >= 4 is 33.6 Å². The first-order chi connectivity index (χ1) is 16.8. The summed E-state index contributed by atoms with van der Waals surface area (Å²) in [6.45, 7) is 0.351. The van der Waals surface area contributed by atoms with Crippen molar-refractivity contribution in [2.45, 2.75) is 56.5 Å². The lowest BCUT2D eigenvalue weighted by Gasteiger charge is -2.37. The van der Waals surface area contributed by atoms with Gasteiger partial charge in [-0.25, -0.2) is 9.78 Å². The van der Waals surface area contributed by atoms with E-state index in [0.29, 0.717) is 0 Å². The summed E-state index contributed by atoms with van der Waals surface area (Å²) in [6.07, 6.45) is -11.9. The number of pyridine rings is 1. The van der Waals surface area contributed by atoms with E-state index < -0.39 is 48.4 Å². The van der Waals surface area contributed by atoms with E-state index in [9.17, 15) is 35.9 Å². The van der Waals surface area contributed by atoms with Gasteiger partial charge in [-0.15, -0.1) is 24.5 Å². The molecule has 0 unspecified atom stereocenters. The molecule has 2 fully saturated rings. The van der Waals surface area contributed by atoms with Crippen LogP contribution in [-0.4, -0.2) is 66.7 Å². The van der Waals surface area contributed by atoms with Crippen LogP contribution in [0, 0.1) is 0 Å². The Morgan fingerprint density at radius 2 is 1.75 bits per heavy atom. The first kappa shape index (κ1) is 26.3. The van der Waals surface area contributed by atoms with Crippen LogP contribution >= 0.6 is 11.3 Å². The summed E-state index contributed by atoms with van der Waals surface area (Å²) in [7, 11) is 1.36. The maximum Gasteiger partial charge on any atom is 0.522 e. The third-order valence-corrected chi connectivity index (χ3v) is 6.89. The minimum atomic E-state index is -4.74. The first-order valence-corrected chi connectivity index (χ1v) is 11.8. The topological polar surface area (TPSA) is 90.0 Å². The summed E-state index contributed by atoms with van der Waals surface area (Å²) in [5.74, 6) is -0.863. The molecule has 0 atom stereocenters. The molecule has 2 aromatic heterocycles. The van der Waals surface area contributed by atoms with Crippen LogP contribution < -0.4 is 10.1 Å². The summed E-state index contributed by atoms with van der Waals surface area (Å²) in [6, 6.07) is 0.795. The fraction of sp³-hybridized carbons (Fsp3) is 0.571. The molecule has 3 heterocycles. The number of amides is 2. The average molecular weight is 541 g/mol. The molecule has 15 heteroatoms. The number of ether oxygens (including phenoxy) is 3. The number of aromatic nitrogens is 1. The second-order valence-corrected chi connectivity index (χ2v) is 9.26. The van der Waals surface area contributed by atoms with Gasteiger partial charge in [0.05, 0.1) is 27.4 Å². The van der Waals surface area contributed by atoms with Gasteiger partial charge in [-0.1, -0.05) is 0 Å². The number of likely N-dealkylation sites (tertiary alicyclic amines) is 1. The second kappa shape index (κ2) is 9.92. The number of hydrogen-bond acceptors (Lipinski definition) is 7. The van der Waals surface area contributed by atoms with Crippen LogP contribution in [0.2, 0.25) is 0 Å². The number of nitrogens with one attached hydrogen (secondary N) is 1. The van der Waals surface area contributed by atoms with Gasteiger partial charge in [0.1, 0.15) is 12.2 Å². The average Bonchev–Trinajstić information content (AvgIpc) is 3.19. The Balaban J connectivity index is 1.35. The molecule has 1 aliphatic heterocycles. The Labute approximate surface area is 204 Å². The molecule has 8 nitrogen and oxygen atoms in total. The van der Waals surface area contributed by atoms with Gasteiger partial charge in [0, 0.05) is 57.3 Å². The number of halogens is 6. The fourth-order valence-corrected chi connectivity index (χ4v) is 5.02. The zero-order valence-electron chi connectivity index (χ0n) is 18.7. The molecule has 4 rings (SSSR count). The number of piperidine rings is 1. The first-order valence-electron chi connectivity index (χ1n) is 10.9. The Bertz CT molecular complexity index is 1120. The van der Waals surface area contributed by atoms with Gasteiger partial charge in [0.2, 0.25) is 5.88 Å². The molecule has 2 amide bonds. The molecule has 1 saturated carbocycles. The number of carbonyl (C=O) groups is 2. The molecular formula is C21H21F6N3O5S. The predicted octanol–water partition coefficient (Wildman–Crippen LogP) is 4.72. The summed E-state index contributed by atoms with van der Waals surface area (Å²) in [4.78, 5) is 29.9.